The van der Waals surface area contributed by atoms with Crippen LogP contribution >= 0.6 is 0 Å². The molecule has 2 aromatic rings. The molecule has 18 heavy (non-hydrogen) atoms. The molecule has 0 heterocycles. The molecule has 0 spiro atoms. The molecule has 0 heteroatoms. The van der Waals surface area contributed by atoms with Crippen molar-refractivity contribution in [1.29, 1.82) is 0 Å². The monoisotopic (exact) mass is 236 g/mol. The lowest BCUT2D eigenvalue weighted by Crippen LogP contribution is -1.88. The normalized spacial score (nSPS) is 10.4. The fourth-order valence-corrected chi connectivity index (χ4v) is 2.41. The molecule has 0 saturated carbocycles. The van der Waals surface area contributed by atoms with Crippen molar-refractivity contribution in [3.8, 4) is 12.3 Å². The highest BCUT2D eigenvalue weighted by molar-refractivity contribution is 5.85. The summed E-state index contributed by atoms with van der Waals surface area (Å²) in [5, 5.41) is 2.76. The molecule has 0 fully saturated rings. The Hall–Kier alpha value is -1.74. The van der Waals surface area contributed by atoms with Crippen molar-refractivity contribution in [3.05, 3.63) is 48.0 Å². The molecule has 0 aliphatic carbocycles. The number of unbranched alkanes of at least 4 members (excludes halogenated alkanes) is 4. The van der Waals surface area contributed by atoms with E-state index in [9.17, 15) is 0 Å². The van der Waals surface area contributed by atoms with Gasteiger partial charge in [-0.25, -0.2) is 0 Å². The summed E-state index contributed by atoms with van der Waals surface area (Å²) in [5.74, 6) is 2.70. The summed E-state index contributed by atoms with van der Waals surface area (Å²) in [7, 11) is 0. The molecular formula is C18H20. The van der Waals surface area contributed by atoms with Crippen LogP contribution < -0.4 is 0 Å². The Morgan fingerprint density at radius 2 is 1.61 bits per heavy atom. The lowest BCUT2D eigenvalue weighted by Gasteiger charge is -2.06. The minimum absolute atomic E-state index is 0.925. The van der Waals surface area contributed by atoms with E-state index in [1.807, 2.05) is 0 Å². The van der Waals surface area contributed by atoms with Gasteiger partial charge in [-0.2, -0.15) is 0 Å². The Morgan fingerprint density at radius 1 is 0.833 bits per heavy atom. The van der Waals surface area contributed by atoms with E-state index in [0.29, 0.717) is 0 Å². The molecule has 2 aromatic carbocycles. The molecule has 0 saturated heterocycles. The fraction of sp³-hybridized carbons (Fsp3) is 0.333. The average Bonchev–Trinajstić information content (AvgIpc) is 2.43. The van der Waals surface area contributed by atoms with Crippen LogP contribution in [0.15, 0.2) is 42.5 Å². The molecule has 0 aliphatic rings. The summed E-state index contributed by atoms with van der Waals surface area (Å²) in [6, 6.07) is 15.2. The maximum Gasteiger partial charge on any atom is 0.00860 e. The third-order valence-corrected chi connectivity index (χ3v) is 3.40. The Morgan fingerprint density at radius 3 is 2.50 bits per heavy atom. The van der Waals surface area contributed by atoms with Gasteiger partial charge in [-0.3, -0.25) is 0 Å². The van der Waals surface area contributed by atoms with Gasteiger partial charge in [-0.1, -0.05) is 55.3 Å². The third-order valence-electron chi connectivity index (χ3n) is 3.40. The van der Waals surface area contributed by atoms with Gasteiger partial charge in [0.1, 0.15) is 0 Å². The quantitative estimate of drug-likeness (QED) is 0.491. The highest BCUT2D eigenvalue weighted by Crippen LogP contribution is 2.20. The van der Waals surface area contributed by atoms with Gasteiger partial charge in [0.2, 0.25) is 0 Å². The van der Waals surface area contributed by atoms with Gasteiger partial charge in [-0.15, -0.1) is 12.3 Å². The second-order valence-electron chi connectivity index (χ2n) is 4.76. The molecule has 0 nitrogen and oxygen atoms in total. The summed E-state index contributed by atoms with van der Waals surface area (Å²) in [5.41, 5.74) is 1.48. The average molecular weight is 236 g/mol. The largest absolute Gasteiger partial charge is 0.120 e. The molecule has 0 aromatic heterocycles. The summed E-state index contributed by atoms with van der Waals surface area (Å²) in [4.78, 5) is 0. The van der Waals surface area contributed by atoms with Crippen LogP contribution in [0.2, 0.25) is 0 Å². The standard InChI is InChI=1S/C18H20/c1-2-3-4-5-6-7-11-16-13-10-14-17-12-8-9-15-18(16)17/h1,8-10,12-15H,3-7,11H2. The highest BCUT2D eigenvalue weighted by Gasteiger charge is 1.99. The summed E-state index contributed by atoms with van der Waals surface area (Å²) < 4.78 is 0. The van der Waals surface area contributed by atoms with Crippen LogP contribution in [0.25, 0.3) is 10.8 Å². The van der Waals surface area contributed by atoms with Crippen molar-refractivity contribution < 1.29 is 0 Å². The van der Waals surface area contributed by atoms with E-state index >= 15 is 0 Å². The molecule has 0 aliphatic heterocycles. The number of aryl methyl sites for hydroxylation is 1. The van der Waals surface area contributed by atoms with E-state index in [4.69, 9.17) is 6.42 Å². The van der Waals surface area contributed by atoms with Crippen molar-refractivity contribution in [3.63, 3.8) is 0 Å². The van der Waals surface area contributed by atoms with Crippen LogP contribution in [0, 0.1) is 12.3 Å². The zero-order valence-corrected chi connectivity index (χ0v) is 10.9. The van der Waals surface area contributed by atoms with Crippen molar-refractivity contribution >= 4 is 10.8 Å². The number of hydrogen-bond donors (Lipinski definition) is 0. The first-order valence-corrected chi connectivity index (χ1v) is 6.82. The number of terminal acetylenes is 1. The van der Waals surface area contributed by atoms with Gasteiger partial charge in [0.25, 0.3) is 0 Å². The van der Waals surface area contributed by atoms with Gasteiger partial charge >= 0.3 is 0 Å². The van der Waals surface area contributed by atoms with Crippen LogP contribution in [0.1, 0.15) is 37.7 Å². The smallest absolute Gasteiger partial charge is 0.00860 e. The van der Waals surface area contributed by atoms with E-state index in [2.05, 4.69) is 48.4 Å². The van der Waals surface area contributed by atoms with Gasteiger partial charge in [0.05, 0.1) is 0 Å². The second kappa shape index (κ2) is 6.87. The van der Waals surface area contributed by atoms with Crippen molar-refractivity contribution in [2.75, 3.05) is 0 Å². The third kappa shape index (κ3) is 3.37. The van der Waals surface area contributed by atoms with Crippen LogP contribution in [0.5, 0.6) is 0 Å². The molecule has 0 bridgehead atoms. The van der Waals surface area contributed by atoms with E-state index in [1.54, 1.807) is 0 Å². The zero-order chi connectivity index (χ0) is 12.6. The molecule has 0 N–H and O–H groups in total. The second-order valence-corrected chi connectivity index (χ2v) is 4.76. The molecule has 0 radical (unpaired) electrons. The molecule has 0 amide bonds. The Kier molecular flexibility index (Phi) is 4.85. The first kappa shape index (κ1) is 12.7. The Labute approximate surface area is 110 Å². The predicted octanol–water partition coefficient (Wildman–Crippen LogP) is 4.97. The van der Waals surface area contributed by atoms with Gasteiger partial charge < -0.3 is 0 Å². The van der Waals surface area contributed by atoms with E-state index in [0.717, 1.165) is 6.42 Å². The number of rotatable bonds is 6. The SMILES string of the molecule is C#CCCCCCCc1cccc2ccccc12. The molecule has 0 unspecified atom stereocenters. The minimum Gasteiger partial charge on any atom is -0.120 e. The highest BCUT2D eigenvalue weighted by atomic mass is 14.0. The summed E-state index contributed by atoms with van der Waals surface area (Å²) in [6.45, 7) is 0. The van der Waals surface area contributed by atoms with Crippen molar-refractivity contribution in [1.82, 2.24) is 0 Å². The van der Waals surface area contributed by atoms with E-state index < -0.39 is 0 Å². The van der Waals surface area contributed by atoms with Gasteiger partial charge in [0.15, 0.2) is 0 Å². The van der Waals surface area contributed by atoms with Crippen LogP contribution in [0.4, 0.5) is 0 Å². The van der Waals surface area contributed by atoms with Gasteiger partial charge in [0, 0.05) is 6.42 Å². The molecular weight excluding hydrogens is 216 g/mol. The number of fused-ring (bicyclic) bond motifs is 1. The molecule has 0 atom stereocenters. The van der Waals surface area contributed by atoms with Crippen molar-refractivity contribution in [2.45, 2.75) is 38.5 Å². The lowest BCUT2D eigenvalue weighted by molar-refractivity contribution is 0.651. The minimum atomic E-state index is 0.925. The Bertz CT molecular complexity index is 526. The van der Waals surface area contributed by atoms with E-state index in [-0.39, 0.29) is 0 Å². The lowest BCUT2D eigenvalue weighted by atomic mass is 9.99. The number of hydrogen-bond acceptors (Lipinski definition) is 0. The van der Waals surface area contributed by atoms with Crippen LogP contribution in [-0.4, -0.2) is 0 Å². The van der Waals surface area contributed by atoms with Gasteiger partial charge in [-0.05, 0) is 35.6 Å². The maximum atomic E-state index is 5.25. The predicted molar refractivity (Wildman–Crippen MR) is 79.6 cm³/mol. The summed E-state index contributed by atoms with van der Waals surface area (Å²) in [6.07, 6.45) is 12.3. The van der Waals surface area contributed by atoms with Crippen LogP contribution in [0.3, 0.4) is 0 Å². The first-order chi connectivity index (χ1) is 8.92. The van der Waals surface area contributed by atoms with Crippen LogP contribution in [-0.2, 0) is 6.42 Å². The Balaban J connectivity index is 1.90. The van der Waals surface area contributed by atoms with Crippen molar-refractivity contribution in [2.24, 2.45) is 0 Å². The molecule has 2 rings (SSSR count). The topological polar surface area (TPSA) is 0 Å². The van der Waals surface area contributed by atoms with E-state index in [1.165, 1.54) is 48.4 Å². The summed E-state index contributed by atoms with van der Waals surface area (Å²) >= 11 is 0. The fourth-order valence-electron chi connectivity index (χ4n) is 2.41. The number of benzene rings is 2. The maximum absolute atomic E-state index is 5.25. The molecule has 92 valence electrons. The zero-order valence-electron chi connectivity index (χ0n) is 10.9. The first-order valence-electron chi connectivity index (χ1n) is 6.82.